The van der Waals surface area contributed by atoms with Crippen molar-refractivity contribution in [3.8, 4) is 11.6 Å². The van der Waals surface area contributed by atoms with Crippen molar-refractivity contribution < 1.29 is 18.8 Å². The fourth-order valence-electron chi connectivity index (χ4n) is 3.91. The Bertz CT molecular complexity index is 1290. The van der Waals surface area contributed by atoms with Crippen molar-refractivity contribution in [3.63, 3.8) is 0 Å². The summed E-state index contributed by atoms with van der Waals surface area (Å²) in [6, 6.07) is 12.4. The van der Waals surface area contributed by atoms with Crippen molar-refractivity contribution in [2.24, 2.45) is 5.92 Å². The Labute approximate surface area is 191 Å². The van der Waals surface area contributed by atoms with Crippen LogP contribution in [0.25, 0.3) is 22.6 Å². The average Bonchev–Trinajstić information content (AvgIpc) is 3.31. The minimum Gasteiger partial charge on any atom is -0.456 e. The summed E-state index contributed by atoms with van der Waals surface area (Å²) in [5.74, 6) is 0.912. The van der Waals surface area contributed by atoms with Gasteiger partial charge in [-0.25, -0.2) is 4.98 Å². The smallest absolute Gasteiger partial charge is 0.360 e. The Hall–Kier alpha value is -2.44. The number of hydrogen-bond acceptors (Lipinski definition) is 4. The van der Waals surface area contributed by atoms with Crippen LogP contribution < -0.4 is 5.30 Å². The normalized spacial score (nSPS) is 13.2. The molecule has 168 valence electrons. The van der Waals surface area contributed by atoms with Crippen LogP contribution in [0.15, 0.2) is 53.1 Å². The molecule has 4 aromatic rings. The van der Waals surface area contributed by atoms with Gasteiger partial charge in [0.2, 0.25) is 0 Å². The second-order valence-electron chi connectivity index (χ2n) is 8.20. The van der Waals surface area contributed by atoms with Gasteiger partial charge < -0.3 is 18.8 Å². The Kier molecular flexibility index (Phi) is 6.28. The highest BCUT2D eigenvalue weighted by Crippen LogP contribution is 2.42. The highest BCUT2D eigenvalue weighted by molar-refractivity contribution is 7.60. The molecule has 1 unspecified atom stereocenters. The summed E-state index contributed by atoms with van der Waals surface area (Å²) >= 11 is 6.22. The Morgan fingerprint density at radius 2 is 1.97 bits per heavy atom. The van der Waals surface area contributed by atoms with Crippen molar-refractivity contribution in [2.75, 3.05) is 0 Å². The monoisotopic (exact) mass is 473 g/mol. The molecule has 0 spiro atoms. The fourth-order valence-corrected chi connectivity index (χ4v) is 4.78. The summed E-state index contributed by atoms with van der Waals surface area (Å²) < 4.78 is 20.5. The second-order valence-corrected chi connectivity index (χ2v) is 10.2. The highest BCUT2D eigenvalue weighted by atomic mass is 35.5. The van der Waals surface area contributed by atoms with E-state index in [9.17, 15) is 14.4 Å². The number of hydrogen-bond donors (Lipinski definition) is 2. The third-order valence-corrected chi connectivity index (χ3v) is 6.50. The SMILES string of the molecule is CCC(c1ccccn1)c1cc(P(=O)(O)O)c(-c2nc3ccc(Cl)cc3n2CC(C)C)o1. The molecule has 0 radical (unpaired) electrons. The largest absolute Gasteiger partial charge is 0.456 e. The Morgan fingerprint density at radius 3 is 2.59 bits per heavy atom. The molecule has 0 saturated carbocycles. The summed E-state index contributed by atoms with van der Waals surface area (Å²) in [5.41, 5.74) is 2.24. The summed E-state index contributed by atoms with van der Waals surface area (Å²) in [5, 5.41) is 0.388. The van der Waals surface area contributed by atoms with Crippen LogP contribution in [-0.4, -0.2) is 24.3 Å². The van der Waals surface area contributed by atoms with Crippen molar-refractivity contribution in [1.29, 1.82) is 0 Å². The number of halogens is 1. The van der Waals surface area contributed by atoms with E-state index in [0.717, 1.165) is 11.2 Å². The van der Waals surface area contributed by atoms with Crippen LogP contribution >= 0.6 is 19.2 Å². The first-order valence-electron chi connectivity index (χ1n) is 10.5. The van der Waals surface area contributed by atoms with E-state index in [1.165, 1.54) is 6.07 Å². The van der Waals surface area contributed by atoms with Crippen LogP contribution in [0.3, 0.4) is 0 Å². The lowest BCUT2D eigenvalue weighted by Gasteiger charge is -2.13. The molecule has 32 heavy (non-hydrogen) atoms. The zero-order chi connectivity index (χ0) is 23.0. The number of nitrogens with zero attached hydrogens (tertiary/aromatic N) is 3. The zero-order valence-corrected chi connectivity index (χ0v) is 19.7. The van der Waals surface area contributed by atoms with Gasteiger partial charge in [-0.2, -0.15) is 0 Å². The molecule has 0 bridgehead atoms. The minimum atomic E-state index is -4.64. The molecule has 0 aliphatic heterocycles. The predicted molar refractivity (Wildman–Crippen MR) is 125 cm³/mol. The van der Waals surface area contributed by atoms with E-state index in [1.54, 1.807) is 24.4 Å². The first kappa shape index (κ1) is 22.7. The Balaban J connectivity index is 1.96. The predicted octanol–water partition coefficient (Wildman–Crippen LogP) is 5.35. The van der Waals surface area contributed by atoms with Crippen LogP contribution in [0.1, 0.15) is 44.6 Å². The van der Waals surface area contributed by atoms with E-state index >= 15 is 0 Å². The molecular weight excluding hydrogens is 449 g/mol. The van der Waals surface area contributed by atoms with Crippen molar-refractivity contribution in [1.82, 2.24) is 14.5 Å². The van der Waals surface area contributed by atoms with E-state index in [4.69, 9.17) is 16.0 Å². The molecule has 0 amide bonds. The number of benzene rings is 1. The number of imidazole rings is 1. The summed E-state index contributed by atoms with van der Waals surface area (Å²) in [6.45, 7) is 6.69. The van der Waals surface area contributed by atoms with Crippen molar-refractivity contribution >= 4 is 35.5 Å². The quantitative estimate of drug-likeness (QED) is 0.351. The second kappa shape index (κ2) is 8.83. The summed E-state index contributed by atoms with van der Waals surface area (Å²) in [4.78, 5) is 29.4. The van der Waals surface area contributed by atoms with E-state index in [2.05, 4.69) is 23.8 Å². The van der Waals surface area contributed by atoms with Gasteiger partial charge >= 0.3 is 7.60 Å². The van der Waals surface area contributed by atoms with Crippen LogP contribution in [0.4, 0.5) is 0 Å². The third kappa shape index (κ3) is 4.39. The highest BCUT2D eigenvalue weighted by Gasteiger charge is 2.32. The molecule has 0 saturated heterocycles. The standard InChI is InChI=1S/C23H25ClN3O4P/c1-4-16(17-7-5-6-10-25-17)20-12-21(32(28,29)30)22(31-20)23-26-18-9-8-15(24)11-19(18)27(23)13-14(2)3/h5-12,14,16H,4,13H2,1-3H3,(H2,28,29,30). The number of pyridine rings is 1. The van der Waals surface area contributed by atoms with Crippen LogP contribution in [0, 0.1) is 5.92 Å². The maximum absolute atomic E-state index is 12.5. The summed E-state index contributed by atoms with van der Waals surface area (Å²) in [6.07, 6.45) is 2.35. The average molecular weight is 474 g/mol. The van der Waals surface area contributed by atoms with Crippen molar-refractivity contribution in [3.05, 3.63) is 65.1 Å². The van der Waals surface area contributed by atoms with Gasteiger partial charge in [0.15, 0.2) is 11.6 Å². The van der Waals surface area contributed by atoms with Gasteiger partial charge in [0.1, 0.15) is 11.1 Å². The molecule has 0 fully saturated rings. The lowest BCUT2D eigenvalue weighted by atomic mass is 9.99. The van der Waals surface area contributed by atoms with Crippen LogP contribution in [0.2, 0.25) is 5.02 Å². The van der Waals surface area contributed by atoms with Crippen LogP contribution in [0.5, 0.6) is 0 Å². The van der Waals surface area contributed by atoms with Crippen molar-refractivity contribution in [2.45, 2.75) is 39.7 Å². The first-order valence-corrected chi connectivity index (χ1v) is 12.4. The topological polar surface area (TPSA) is 101 Å². The molecule has 1 atom stereocenters. The molecule has 0 aliphatic rings. The number of aromatic nitrogens is 3. The van der Waals surface area contributed by atoms with E-state index < -0.39 is 7.60 Å². The number of fused-ring (bicyclic) bond motifs is 1. The van der Waals surface area contributed by atoms with Gasteiger partial charge in [-0.1, -0.05) is 38.4 Å². The summed E-state index contributed by atoms with van der Waals surface area (Å²) in [7, 11) is -4.64. The lowest BCUT2D eigenvalue weighted by molar-refractivity contribution is 0.387. The van der Waals surface area contributed by atoms with E-state index in [-0.39, 0.29) is 22.9 Å². The zero-order valence-electron chi connectivity index (χ0n) is 18.1. The maximum atomic E-state index is 12.5. The molecule has 3 heterocycles. The molecule has 3 aromatic heterocycles. The molecular formula is C23H25ClN3O4P. The molecule has 4 rings (SSSR count). The fraction of sp³-hybridized carbons (Fsp3) is 0.304. The number of rotatable bonds is 7. The minimum absolute atomic E-state index is 0.0793. The lowest BCUT2D eigenvalue weighted by Crippen LogP contribution is -2.10. The molecule has 2 N–H and O–H groups in total. The van der Waals surface area contributed by atoms with Gasteiger partial charge in [0.25, 0.3) is 0 Å². The van der Waals surface area contributed by atoms with Gasteiger partial charge in [-0.05, 0) is 48.7 Å². The Morgan fingerprint density at radius 1 is 1.19 bits per heavy atom. The first-order chi connectivity index (χ1) is 15.2. The molecule has 1 aromatic carbocycles. The van der Waals surface area contributed by atoms with Gasteiger partial charge in [0.05, 0.1) is 22.6 Å². The molecule has 7 nitrogen and oxygen atoms in total. The van der Waals surface area contributed by atoms with Gasteiger partial charge in [-0.15, -0.1) is 0 Å². The molecule has 0 aliphatic carbocycles. The third-order valence-electron chi connectivity index (χ3n) is 5.30. The van der Waals surface area contributed by atoms with Gasteiger partial charge in [0, 0.05) is 17.8 Å². The molecule has 9 heteroatoms. The van der Waals surface area contributed by atoms with Gasteiger partial charge in [-0.3, -0.25) is 9.55 Å². The van der Waals surface area contributed by atoms with E-state index in [1.807, 2.05) is 29.7 Å². The van der Waals surface area contributed by atoms with E-state index in [0.29, 0.717) is 35.1 Å². The maximum Gasteiger partial charge on any atom is 0.360 e. The van der Waals surface area contributed by atoms with Crippen LogP contribution in [-0.2, 0) is 11.1 Å². The number of furan rings is 1.